The van der Waals surface area contributed by atoms with Crippen molar-refractivity contribution in [1.82, 2.24) is 0 Å². The van der Waals surface area contributed by atoms with E-state index < -0.39 is 22.5 Å². The molecule has 0 unspecified atom stereocenters. The monoisotopic (exact) mass is 582 g/mol. The number of halogens is 2. The normalized spacial score (nSPS) is 11.0. The maximum absolute atomic E-state index is 13.7. The average Bonchev–Trinajstić information content (AvgIpc) is 2.85. The van der Waals surface area contributed by atoms with E-state index in [0.29, 0.717) is 33.3 Å². The van der Waals surface area contributed by atoms with Crippen LogP contribution in [0.15, 0.2) is 70.0 Å². The molecule has 0 spiro atoms. The van der Waals surface area contributed by atoms with E-state index in [0.717, 1.165) is 4.31 Å². The van der Waals surface area contributed by atoms with Gasteiger partial charge in [-0.25, -0.2) is 8.42 Å². The Morgan fingerprint density at radius 3 is 2.29 bits per heavy atom. The van der Waals surface area contributed by atoms with E-state index in [2.05, 4.69) is 21.2 Å². The topological polar surface area (TPSA) is 94.2 Å². The van der Waals surface area contributed by atoms with Crippen LogP contribution in [0.3, 0.4) is 0 Å². The maximum Gasteiger partial charge on any atom is 0.264 e. The van der Waals surface area contributed by atoms with Crippen molar-refractivity contribution in [1.29, 1.82) is 0 Å². The second-order valence-corrected chi connectivity index (χ2v) is 10.3. The molecule has 35 heavy (non-hydrogen) atoms. The van der Waals surface area contributed by atoms with Gasteiger partial charge in [0.05, 0.1) is 36.4 Å². The van der Waals surface area contributed by atoms with Gasteiger partial charge in [0.1, 0.15) is 12.3 Å². The summed E-state index contributed by atoms with van der Waals surface area (Å²) < 4.78 is 45.0. The van der Waals surface area contributed by atoms with Gasteiger partial charge in [-0.15, -0.1) is 0 Å². The molecule has 3 aromatic carbocycles. The van der Waals surface area contributed by atoms with Crippen molar-refractivity contribution in [3.63, 3.8) is 0 Å². The Kier molecular flexibility index (Phi) is 8.87. The molecule has 0 aromatic heterocycles. The van der Waals surface area contributed by atoms with Crippen LogP contribution in [0.2, 0.25) is 5.02 Å². The van der Waals surface area contributed by atoms with Crippen LogP contribution in [-0.4, -0.2) is 41.7 Å². The Hall–Kier alpha value is -2.95. The first-order valence-electron chi connectivity index (χ1n) is 10.4. The molecule has 0 heterocycles. The molecule has 1 N–H and O–H groups in total. The first-order chi connectivity index (χ1) is 16.7. The van der Waals surface area contributed by atoms with Gasteiger partial charge in [0, 0.05) is 16.2 Å². The van der Waals surface area contributed by atoms with Crippen LogP contribution in [0.5, 0.6) is 17.2 Å². The molecule has 0 atom stereocenters. The SMILES string of the molecule is CCOc1ccc(N(CC(=O)Nc2ccc(Br)c(Cl)c2)S(=O)(=O)c2ccc(OC)c(OC)c2)cc1. The fourth-order valence-corrected chi connectivity index (χ4v) is 5.06. The Morgan fingerprint density at radius 2 is 1.69 bits per heavy atom. The molecule has 1 amide bonds. The Labute approximate surface area is 217 Å². The average molecular weight is 584 g/mol. The van der Waals surface area contributed by atoms with E-state index >= 15 is 0 Å². The molecule has 0 saturated heterocycles. The molecule has 11 heteroatoms. The fourth-order valence-electron chi connectivity index (χ4n) is 3.20. The van der Waals surface area contributed by atoms with Gasteiger partial charge in [-0.2, -0.15) is 0 Å². The van der Waals surface area contributed by atoms with E-state index in [1.165, 1.54) is 32.4 Å². The molecule has 0 fully saturated rings. The zero-order valence-electron chi connectivity index (χ0n) is 19.2. The summed E-state index contributed by atoms with van der Waals surface area (Å²) in [5, 5.41) is 3.09. The number of methoxy groups -OCH3 is 2. The second kappa shape index (κ2) is 11.7. The van der Waals surface area contributed by atoms with Gasteiger partial charge >= 0.3 is 0 Å². The molecule has 0 aliphatic rings. The van der Waals surface area contributed by atoms with Gasteiger partial charge in [0.15, 0.2) is 11.5 Å². The Bertz CT molecular complexity index is 1300. The van der Waals surface area contributed by atoms with Crippen LogP contribution < -0.4 is 23.8 Å². The smallest absolute Gasteiger partial charge is 0.264 e. The largest absolute Gasteiger partial charge is 0.494 e. The summed E-state index contributed by atoms with van der Waals surface area (Å²) in [6, 6.07) is 15.6. The van der Waals surface area contributed by atoms with Crippen molar-refractivity contribution in [3.8, 4) is 17.2 Å². The standard InChI is InChI=1S/C24H24BrClN2O6S/c1-4-34-18-8-6-17(7-9-18)28(15-24(29)27-16-5-11-20(25)21(26)13-16)35(30,31)19-10-12-22(32-2)23(14-19)33-3/h5-14H,4,15H2,1-3H3,(H,27,29). The van der Waals surface area contributed by atoms with Gasteiger partial charge in [-0.1, -0.05) is 11.6 Å². The number of nitrogens with one attached hydrogen (secondary N) is 1. The summed E-state index contributed by atoms with van der Waals surface area (Å²) in [7, 11) is -1.31. The number of anilines is 2. The molecule has 186 valence electrons. The summed E-state index contributed by atoms with van der Waals surface area (Å²) in [4.78, 5) is 12.9. The van der Waals surface area contributed by atoms with E-state index in [1.54, 1.807) is 42.5 Å². The van der Waals surface area contributed by atoms with Crippen molar-refractivity contribution < 1.29 is 27.4 Å². The fraction of sp³-hybridized carbons (Fsp3) is 0.208. The molecule has 3 rings (SSSR count). The third kappa shape index (κ3) is 6.39. The number of ether oxygens (including phenoxy) is 3. The van der Waals surface area contributed by atoms with E-state index in [4.69, 9.17) is 25.8 Å². The van der Waals surface area contributed by atoms with Gasteiger partial charge < -0.3 is 19.5 Å². The zero-order chi connectivity index (χ0) is 25.6. The molecular formula is C24H24BrClN2O6S. The summed E-state index contributed by atoms with van der Waals surface area (Å²) in [6.45, 7) is 1.82. The number of amides is 1. The number of rotatable bonds is 10. The minimum absolute atomic E-state index is 0.0662. The maximum atomic E-state index is 13.7. The molecule has 8 nitrogen and oxygen atoms in total. The second-order valence-electron chi connectivity index (χ2n) is 7.13. The third-order valence-corrected chi connectivity index (χ3v) is 7.87. The van der Waals surface area contributed by atoms with Gasteiger partial charge in [0.25, 0.3) is 10.0 Å². The molecule has 0 radical (unpaired) electrons. The number of hydrogen-bond acceptors (Lipinski definition) is 6. The van der Waals surface area contributed by atoms with Gasteiger partial charge in [-0.3, -0.25) is 9.10 Å². The quantitative estimate of drug-likeness (QED) is 0.346. The summed E-state index contributed by atoms with van der Waals surface area (Å²) in [5.74, 6) is 0.646. The molecule has 3 aromatic rings. The number of carbonyl (C=O) groups is 1. The Morgan fingerprint density at radius 1 is 1.00 bits per heavy atom. The highest BCUT2D eigenvalue weighted by Crippen LogP contribution is 2.33. The van der Waals surface area contributed by atoms with Crippen LogP contribution in [0.1, 0.15) is 6.92 Å². The summed E-state index contributed by atoms with van der Waals surface area (Å²) in [6.07, 6.45) is 0. The minimum atomic E-state index is -4.18. The number of nitrogens with zero attached hydrogens (tertiary/aromatic N) is 1. The van der Waals surface area contributed by atoms with E-state index in [1.807, 2.05) is 6.92 Å². The van der Waals surface area contributed by atoms with Gasteiger partial charge in [-0.05, 0) is 77.5 Å². The highest BCUT2D eigenvalue weighted by molar-refractivity contribution is 9.10. The summed E-state index contributed by atoms with van der Waals surface area (Å²) in [5.41, 5.74) is 0.714. The first kappa shape index (κ1) is 26.7. The predicted molar refractivity (Wildman–Crippen MR) is 139 cm³/mol. The lowest BCUT2D eigenvalue weighted by Gasteiger charge is -2.25. The Balaban J connectivity index is 1.98. The van der Waals surface area contributed by atoms with Crippen LogP contribution in [0.4, 0.5) is 11.4 Å². The molecule has 0 saturated carbocycles. The zero-order valence-corrected chi connectivity index (χ0v) is 22.4. The van der Waals surface area contributed by atoms with Crippen molar-refractivity contribution in [2.75, 3.05) is 37.0 Å². The third-order valence-electron chi connectivity index (χ3n) is 4.87. The van der Waals surface area contributed by atoms with Crippen LogP contribution in [0, 0.1) is 0 Å². The predicted octanol–water partition coefficient (Wildman–Crippen LogP) is 5.35. The minimum Gasteiger partial charge on any atom is -0.494 e. The van der Waals surface area contributed by atoms with Crippen LogP contribution in [-0.2, 0) is 14.8 Å². The molecule has 0 bridgehead atoms. The number of sulfonamides is 1. The van der Waals surface area contributed by atoms with Crippen LogP contribution in [0.25, 0.3) is 0 Å². The lowest BCUT2D eigenvalue weighted by molar-refractivity contribution is -0.114. The number of hydrogen-bond donors (Lipinski definition) is 1. The van der Waals surface area contributed by atoms with Gasteiger partial charge in [0.2, 0.25) is 5.91 Å². The molecular weight excluding hydrogens is 560 g/mol. The van der Waals surface area contributed by atoms with Crippen molar-refractivity contribution in [2.24, 2.45) is 0 Å². The van der Waals surface area contributed by atoms with E-state index in [-0.39, 0.29) is 16.3 Å². The lowest BCUT2D eigenvalue weighted by Crippen LogP contribution is -2.38. The highest BCUT2D eigenvalue weighted by Gasteiger charge is 2.28. The van der Waals surface area contributed by atoms with Crippen molar-refractivity contribution in [2.45, 2.75) is 11.8 Å². The lowest BCUT2D eigenvalue weighted by atomic mass is 10.3. The van der Waals surface area contributed by atoms with Crippen molar-refractivity contribution in [3.05, 3.63) is 70.2 Å². The van der Waals surface area contributed by atoms with Crippen molar-refractivity contribution >= 4 is 54.8 Å². The van der Waals surface area contributed by atoms with Crippen LogP contribution >= 0.6 is 27.5 Å². The molecule has 0 aliphatic heterocycles. The highest BCUT2D eigenvalue weighted by atomic mass is 79.9. The number of carbonyl (C=O) groups excluding carboxylic acids is 1. The first-order valence-corrected chi connectivity index (χ1v) is 13.0. The molecule has 0 aliphatic carbocycles. The van der Waals surface area contributed by atoms with E-state index in [9.17, 15) is 13.2 Å². The summed E-state index contributed by atoms with van der Waals surface area (Å²) >= 11 is 9.40. The number of benzene rings is 3.